The highest BCUT2D eigenvalue weighted by atomic mass is 79.9. The van der Waals surface area contributed by atoms with E-state index in [2.05, 4.69) is 45.6 Å². The zero-order valence-electron chi connectivity index (χ0n) is 17.0. The number of hydrogen-bond acceptors (Lipinski definition) is 4. The zero-order valence-corrected chi connectivity index (χ0v) is 18.6. The van der Waals surface area contributed by atoms with E-state index in [0.717, 1.165) is 10.2 Å². The van der Waals surface area contributed by atoms with Gasteiger partial charge in [0.25, 0.3) is 5.91 Å². The normalized spacial score (nSPS) is 13.7. The number of hydrogen-bond donors (Lipinski definition) is 2. The molecule has 2 N–H and O–H groups in total. The fourth-order valence-corrected chi connectivity index (χ4v) is 3.76. The summed E-state index contributed by atoms with van der Waals surface area (Å²) in [5.41, 5.74) is 3.41. The van der Waals surface area contributed by atoms with Crippen LogP contribution in [0.2, 0.25) is 0 Å². The Balaban J connectivity index is 1.38. The summed E-state index contributed by atoms with van der Waals surface area (Å²) >= 11 is 3.39. The third-order valence-corrected chi connectivity index (χ3v) is 5.51. The van der Waals surface area contributed by atoms with Gasteiger partial charge in [-0.05, 0) is 55.0 Å². The minimum atomic E-state index is -0.275. The number of carbonyl (C=O) groups is 2. The topological polar surface area (TPSA) is 70.7 Å². The molecule has 0 spiro atoms. The van der Waals surface area contributed by atoms with E-state index in [4.69, 9.17) is 4.74 Å². The molecule has 0 aliphatic carbocycles. The van der Waals surface area contributed by atoms with E-state index in [9.17, 15) is 9.59 Å². The molecule has 0 saturated carbocycles. The molecule has 1 unspecified atom stereocenters. The maximum atomic E-state index is 12.6. The van der Waals surface area contributed by atoms with Crippen LogP contribution in [-0.4, -0.2) is 25.0 Å². The third-order valence-electron chi connectivity index (χ3n) is 5.02. The minimum absolute atomic E-state index is 0.0815. The van der Waals surface area contributed by atoms with Gasteiger partial charge in [-0.15, -0.1) is 0 Å². The lowest BCUT2D eigenvalue weighted by Gasteiger charge is -2.29. The number of benzene rings is 3. The highest BCUT2D eigenvalue weighted by Crippen LogP contribution is 2.34. The van der Waals surface area contributed by atoms with Gasteiger partial charge in [-0.2, -0.15) is 0 Å². The van der Waals surface area contributed by atoms with Crippen molar-refractivity contribution >= 4 is 44.8 Å². The van der Waals surface area contributed by atoms with Crippen molar-refractivity contribution in [3.8, 4) is 5.75 Å². The van der Waals surface area contributed by atoms with Gasteiger partial charge in [0.1, 0.15) is 12.3 Å². The summed E-state index contributed by atoms with van der Waals surface area (Å²) in [5.74, 6) is 0.0478. The maximum absolute atomic E-state index is 12.6. The highest BCUT2D eigenvalue weighted by Gasteiger charge is 2.27. The molecule has 0 fully saturated rings. The average molecular weight is 480 g/mol. The minimum Gasteiger partial charge on any atom is -0.482 e. The largest absolute Gasteiger partial charge is 0.482 e. The fourth-order valence-electron chi connectivity index (χ4n) is 3.42. The van der Waals surface area contributed by atoms with Crippen LogP contribution in [-0.2, 0) is 9.59 Å². The summed E-state index contributed by atoms with van der Waals surface area (Å²) in [6, 6.07) is 23.2. The second kappa shape index (κ2) is 9.22. The number of nitrogens with zero attached hydrogens (tertiary/aromatic N) is 1. The SMILES string of the molecule is CC(Nc1ccc(NC(=O)CN2C(=O)COc3cc(Br)ccc32)cc1)c1ccccc1. The van der Waals surface area contributed by atoms with E-state index < -0.39 is 0 Å². The Hall–Kier alpha value is -3.32. The number of nitrogens with one attached hydrogen (secondary N) is 2. The monoisotopic (exact) mass is 479 g/mol. The molecule has 6 nitrogen and oxygen atoms in total. The van der Waals surface area contributed by atoms with Crippen molar-refractivity contribution in [3.05, 3.63) is 82.8 Å². The van der Waals surface area contributed by atoms with E-state index in [1.807, 2.05) is 48.5 Å². The molecular weight excluding hydrogens is 458 g/mol. The van der Waals surface area contributed by atoms with Crippen LogP contribution >= 0.6 is 15.9 Å². The molecule has 158 valence electrons. The van der Waals surface area contributed by atoms with Gasteiger partial charge in [0.05, 0.1) is 5.69 Å². The summed E-state index contributed by atoms with van der Waals surface area (Å²) in [6.45, 7) is 1.93. The Labute approximate surface area is 189 Å². The Morgan fingerprint density at radius 1 is 1.06 bits per heavy atom. The lowest BCUT2D eigenvalue weighted by Crippen LogP contribution is -2.43. The molecule has 0 bridgehead atoms. The van der Waals surface area contributed by atoms with Gasteiger partial charge in [0, 0.05) is 21.9 Å². The van der Waals surface area contributed by atoms with Crippen molar-refractivity contribution in [3.63, 3.8) is 0 Å². The van der Waals surface area contributed by atoms with E-state index in [0.29, 0.717) is 17.1 Å². The quantitative estimate of drug-likeness (QED) is 0.522. The first-order chi connectivity index (χ1) is 15.0. The first-order valence-electron chi connectivity index (χ1n) is 9.94. The molecule has 31 heavy (non-hydrogen) atoms. The van der Waals surface area contributed by atoms with Crippen LogP contribution in [0.1, 0.15) is 18.5 Å². The molecule has 0 aromatic heterocycles. The second-order valence-corrected chi connectivity index (χ2v) is 8.20. The molecule has 1 aliphatic rings. The van der Waals surface area contributed by atoms with Crippen molar-refractivity contribution in [1.82, 2.24) is 0 Å². The Morgan fingerprint density at radius 3 is 2.52 bits per heavy atom. The molecular formula is C24H22BrN3O3. The predicted octanol–water partition coefficient (Wildman–Crippen LogP) is 4.99. The number of carbonyl (C=O) groups excluding carboxylic acids is 2. The number of amides is 2. The Bertz CT molecular complexity index is 1090. The van der Waals surface area contributed by atoms with Crippen LogP contribution in [0.4, 0.5) is 17.1 Å². The molecule has 1 heterocycles. The second-order valence-electron chi connectivity index (χ2n) is 7.28. The lowest BCUT2D eigenvalue weighted by atomic mass is 10.1. The number of ether oxygens (including phenoxy) is 1. The summed E-state index contributed by atoms with van der Waals surface area (Å²) in [6.07, 6.45) is 0. The highest BCUT2D eigenvalue weighted by molar-refractivity contribution is 9.10. The zero-order chi connectivity index (χ0) is 21.8. The van der Waals surface area contributed by atoms with Gasteiger partial charge < -0.3 is 15.4 Å². The summed E-state index contributed by atoms with van der Waals surface area (Å²) in [7, 11) is 0. The third kappa shape index (κ3) is 5.06. The lowest BCUT2D eigenvalue weighted by molar-refractivity contribution is -0.123. The van der Waals surface area contributed by atoms with E-state index in [1.165, 1.54) is 10.5 Å². The molecule has 3 aromatic carbocycles. The van der Waals surface area contributed by atoms with Crippen LogP contribution in [0.5, 0.6) is 5.75 Å². The van der Waals surface area contributed by atoms with Crippen molar-refractivity contribution < 1.29 is 14.3 Å². The van der Waals surface area contributed by atoms with Crippen LogP contribution in [0.15, 0.2) is 77.3 Å². The van der Waals surface area contributed by atoms with Gasteiger partial charge in [-0.1, -0.05) is 46.3 Å². The molecule has 7 heteroatoms. The number of rotatable bonds is 6. The first-order valence-corrected chi connectivity index (χ1v) is 10.7. The summed E-state index contributed by atoms with van der Waals surface area (Å²) < 4.78 is 6.31. The van der Waals surface area contributed by atoms with Crippen LogP contribution in [0, 0.1) is 0 Å². The van der Waals surface area contributed by atoms with Crippen LogP contribution in [0.3, 0.4) is 0 Å². The summed E-state index contributed by atoms with van der Waals surface area (Å²) in [5, 5.41) is 6.30. The standard InChI is InChI=1S/C24H22BrN3O3/c1-16(17-5-3-2-4-6-17)26-19-8-10-20(11-9-19)27-23(29)14-28-21-12-7-18(25)13-22(21)31-15-24(28)30/h2-13,16,26H,14-15H2,1H3,(H,27,29). The molecule has 3 aromatic rings. The number of fused-ring (bicyclic) bond motifs is 1. The Morgan fingerprint density at radius 2 is 1.77 bits per heavy atom. The Kier molecular flexibility index (Phi) is 6.23. The molecule has 0 saturated heterocycles. The average Bonchev–Trinajstić information content (AvgIpc) is 2.77. The first kappa shape index (κ1) is 20.9. The van der Waals surface area contributed by atoms with Gasteiger partial charge in [-0.25, -0.2) is 0 Å². The molecule has 4 rings (SSSR count). The van der Waals surface area contributed by atoms with Crippen LogP contribution in [0.25, 0.3) is 0 Å². The van der Waals surface area contributed by atoms with Crippen molar-refractivity contribution in [2.45, 2.75) is 13.0 Å². The molecule has 0 radical (unpaired) electrons. The number of anilines is 3. The van der Waals surface area contributed by atoms with Crippen molar-refractivity contribution in [2.75, 3.05) is 28.7 Å². The summed E-state index contributed by atoms with van der Waals surface area (Å²) in [4.78, 5) is 26.3. The van der Waals surface area contributed by atoms with Crippen molar-refractivity contribution in [1.29, 1.82) is 0 Å². The van der Waals surface area contributed by atoms with Gasteiger partial charge in [0.15, 0.2) is 6.61 Å². The van der Waals surface area contributed by atoms with Gasteiger partial charge >= 0.3 is 0 Å². The van der Waals surface area contributed by atoms with E-state index >= 15 is 0 Å². The predicted molar refractivity (Wildman–Crippen MR) is 126 cm³/mol. The maximum Gasteiger partial charge on any atom is 0.265 e. The molecule has 1 aliphatic heterocycles. The van der Waals surface area contributed by atoms with E-state index in [-0.39, 0.29) is 31.0 Å². The van der Waals surface area contributed by atoms with Gasteiger partial charge in [0.2, 0.25) is 5.91 Å². The fraction of sp³-hybridized carbons (Fsp3) is 0.167. The van der Waals surface area contributed by atoms with Crippen molar-refractivity contribution in [2.24, 2.45) is 0 Å². The molecule has 1 atom stereocenters. The smallest absolute Gasteiger partial charge is 0.265 e. The number of halogens is 1. The van der Waals surface area contributed by atoms with E-state index in [1.54, 1.807) is 12.1 Å². The molecule has 2 amide bonds. The van der Waals surface area contributed by atoms with Gasteiger partial charge in [-0.3, -0.25) is 14.5 Å². The van der Waals surface area contributed by atoms with Crippen LogP contribution < -0.4 is 20.3 Å².